The van der Waals surface area contributed by atoms with E-state index in [1.807, 2.05) is 6.66 Å². The van der Waals surface area contributed by atoms with Gasteiger partial charge in [-0.3, -0.25) is 0 Å². The molecule has 14 heavy (non-hydrogen) atoms. The van der Waals surface area contributed by atoms with Crippen LogP contribution in [0.15, 0.2) is 0 Å². The van der Waals surface area contributed by atoms with Crippen molar-refractivity contribution in [1.29, 1.82) is 0 Å². The standard InChI is InChI=1S/C7H15N2O3PS/c1-13-9-7(4-12-5-7)6(8)2-3-14(9,10)11/h6,13H,2-5,8H2,1H3. The first kappa shape index (κ1) is 10.8. The SMILES string of the molecule is CPN1C2(COC2)C(N)CCS1(=O)=O. The summed E-state index contributed by atoms with van der Waals surface area (Å²) in [7, 11) is -2.85. The van der Waals surface area contributed by atoms with Gasteiger partial charge in [0, 0.05) is 6.04 Å². The predicted molar refractivity (Wildman–Crippen MR) is 56.0 cm³/mol. The highest BCUT2D eigenvalue weighted by molar-refractivity contribution is 7.92. The van der Waals surface area contributed by atoms with Crippen molar-refractivity contribution in [2.45, 2.75) is 18.0 Å². The number of hydrogen-bond donors (Lipinski definition) is 1. The van der Waals surface area contributed by atoms with Crippen molar-refractivity contribution in [2.75, 3.05) is 25.6 Å². The normalized spacial score (nSPS) is 36.3. The molecule has 0 aromatic rings. The Morgan fingerprint density at radius 3 is 2.57 bits per heavy atom. The summed E-state index contributed by atoms with van der Waals surface area (Å²) in [5.41, 5.74) is 5.55. The van der Waals surface area contributed by atoms with Gasteiger partial charge in [0.1, 0.15) is 5.54 Å². The molecule has 2 heterocycles. The summed E-state index contributed by atoms with van der Waals surface area (Å²) in [6, 6.07) is -0.0766. The summed E-state index contributed by atoms with van der Waals surface area (Å²) >= 11 is 0. The minimum Gasteiger partial charge on any atom is -0.377 e. The number of ether oxygens (including phenoxy) is 1. The highest BCUT2D eigenvalue weighted by Gasteiger charge is 2.55. The number of nitrogens with two attached hydrogens (primary N) is 1. The van der Waals surface area contributed by atoms with Crippen LogP contribution in [0.25, 0.3) is 0 Å². The quantitative estimate of drug-likeness (QED) is 0.616. The summed E-state index contributed by atoms with van der Waals surface area (Å²) < 4.78 is 30.3. The molecule has 0 aliphatic carbocycles. The van der Waals surface area contributed by atoms with Crippen molar-refractivity contribution in [3.63, 3.8) is 0 Å². The fourth-order valence-electron chi connectivity index (χ4n) is 2.07. The Labute approximate surface area is 85.9 Å². The second kappa shape index (κ2) is 3.39. The summed E-state index contributed by atoms with van der Waals surface area (Å²) in [5.74, 6) is 0.177. The molecule has 2 saturated heterocycles. The van der Waals surface area contributed by atoms with E-state index in [-0.39, 0.29) is 20.5 Å². The molecule has 2 aliphatic heterocycles. The minimum atomic E-state index is -3.09. The Bertz CT molecular complexity index is 328. The number of rotatable bonds is 1. The average Bonchev–Trinajstić information content (AvgIpc) is 2.05. The third kappa shape index (κ3) is 1.32. The van der Waals surface area contributed by atoms with E-state index in [1.165, 1.54) is 0 Å². The van der Waals surface area contributed by atoms with Crippen LogP contribution < -0.4 is 5.73 Å². The topological polar surface area (TPSA) is 72.6 Å². The zero-order valence-electron chi connectivity index (χ0n) is 8.06. The van der Waals surface area contributed by atoms with Gasteiger partial charge in [0.05, 0.1) is 19.0 Å². The highest BCUT2D eigenvalue weighted by atomic mass is 32.2. The largest absolute Gasteiger partial charge is 0.377 e. The molecule has 5 nitrogen and oxygen atoms in total. The molecule has 0 aromatic heterocycles. The van der Waals surface area contributed by atoms with Gasteiger partial charge in [0.15, 0.2) is 0 Å². The van der Waals surface area contributed by atoms with Crippen molar-refractivity contribution >= 4 is 18.8 Å². The molecule has 2 rings (SSSR count). The molecule has 0 radical (unpaired) electrons. The van der Waals surface area contributed by atoms with Crippen LogP contribution in [0.5, 0.6) is 0 Å². The molecule has 2 N–H and O–H groups in total. The molecule has 2 aliphatic rings. The van der Waals surface area contributed by atoms with E-state index in [0.717, 1.165) is 0 Å². The summed E-state index contributed by atoms with van der Waals surface area (Å²) in [6.45, 7) is 2.78. The van der Waals surface area contributed by atoms with Crippen LogP contribution in [0.4, 0.5) is 0 Å². The molecule has 1 spiro atoms. The van der Waals surface area contributed by atoms with Crippen LogP contribution >= 0.6 is 8.73 Å². The van der Waals surface area contributed by atoms with Crippen LogP contribution in [0, 0.1) is 0 Å². The molecule has 82 valence electrons. The van der Waals surface area contributed by atoms with Gasteiger partial charge in [-0.15, -0.1) is 0 Å². The maximum Gasteiger partial charge on any atom is 0.217 e. The predicted octanol–water partition coefficient (Wildman–Crippen LogP) is -0.659. The minimum absolute atomic E-state index is 0.0766. The molecule has 2 atom stereocenters. The molecular formula is C7H15N2O3PS. The average molecular weight is 238 g/mol. The van der Waals surface area contributed by atoms with Crippen molar-refractivity contribution in [2.24, 2.45) is 5.73 Å². The molecule has 2 unspecified atom stereocenters. The Balaban J connectivity index is 2.35. The molecule has 0 bridgehead atoms. The second-order valence-electron chi connectivity index (χ2n) is 3.80. The van der Waals surface area contributed by atoms with Crippen molar-refractivity contribution in [1.82, 2.24) is 4.08 Å². The zero-order chi connectivity index (χ0) is 10.4. The van der Waals surface area contributed by atoms with Gasteiger partial charge in [-0.25, -0.2) is 8.42 Å². The molecular weight excluding hydrogens is 223 g/mol. The Morgan fingerprint density at radius 1 is 1.57 bits per heavy atom. The number of nitrogens with zero attached hydrogens (tertiary/aromatic N) is 1. The Hall–Kier alpha value is 0.260. The maximum atomic E-state index is 11.8. The monoisotopic (exact) mass is 238 g/mol. The first-order valence-electron chi connectivity index (χ1n) is 4.57. The lowest BCUT2D eigenvalue weighted by atomic mass is 9.88. The van der Waals surface area contributed by atoms with E-state index < -0.39 is 15.6 Å². The van der Waals surface area contributed by atoms with E-state index in [0.29, 0.717) is 19.6 Å². The fraction of sp³-hybridized carbons (Fsp3) is 1.00. The summed E-state index contributed by atoms with van der Waals surface area (Å²) in [5, 5.41) is 0. The van der Waals surface area contributed by atoms with Gasteiger partial charge in [0.25, 0.3) is 0 Å². The molecule has 0 aromatic carbocycles. The van der Waals surface area contributed by atoms with Gasteiger partial charge in [-0.1, -0.05) is 0 Å². The van der Waals surface area contributed by atoms with E-state index >= 15 is 0 Å². The van der Waals surface area contributed by atoms with Gasteiger partial charge in [0.2, 0.25) is 10.0 Å². The number of sulfonamides is 1. The van der Waals surface area contributed by atoms with Gasteiger partial charge >= 0.3 is 0 Å². The van der Waals surface area contributed by atoms with E-state index in [9.17, 15) is 8.42 Å². The van der Waals surface area contributed by atoms with Gasteiger partial charge in [-0.05, 0) is 21.8 Å². The lowest BCUT2D eigenvalue weighted by Crippen LogP contribution is -2.72. The van der Waals surface area contributed by atoms with Crippen LogP contribution in [-0.4, -0.2) is 49.7 Å². The molecule has 2 fully saturated rings. The maximum absolute atomic E-state index is 11.8. The third-order valence-corrected chi connectivity index (χ3v) is 6.87. The molecule has 0 amide bonds. The van der Waals surface area contributed by atoms with E-state index in [2.05, 4.69) is 0 Å². The van der Waals surface area contributed by atoms with Crippen LogP contribution in [0.2, 0.25) is 0 Å². The van der Waals surface area contributed by atoms with Gasteiger partial charge < -0.3 is 10.5 Å². The Kier molecular flexibility index (Phi) is 2.60. The van der Waals surface area contributed by atoms with Crippen molar-refractivity contribution in [3.05, 3.63) is 0 Å². The van der Waals surface area contributed by atoms with Crippen LogP contribution in [0.1, 0.15) is 6.42 Å². The smallest absolute Gasteiger partial charge is 0.217 e. The lowest BCUT2D eigenvalue weighted by Gasteiger charge is -2.53. The van der Waals surface area contributed by atoms with E-state index in [4.69, 9.17) is 10.5 Å². The van der Waals surface area contributed by atoms with E-state index in [1.54, 1.807) is 4.08 Å². The lowest BCUT2D eigenvalue weighted by molar-refractivity contribution is -0.104. The third-order valence-electron chi connectivity index (χ3n) is 2.97. The first-order valence-corrected chi connectivity index (χ1v) is 7.62. The Morgan fingerprint density at radius 2 is 2.21 bits per heavy atom. The first-order chi connectivity index (χ1) is 6.53. The van der Waals surface area contributed by atoms with Crippen molar-refractivity contribution < 1.29 is 13.2 Å². The van der Waals surface area contributed by atoms with Gasteiger partial charge in [-0.2, -0.15) is 4.08 Å². The zero-order valence-corrected chi connectivity index (χ0v) is 9.88. The summed E-state index contributed by atoms with van der Waals surface area (Å²) in [6.07, 6.45) is 0.548. The fourth-order valence-corrected chi connectivity index (χ4v) is 5.72. The number of hydrogen-bond acceptors (Lipinski definition) is 4. The van der Waals surface area contributed by atoms with Crippen molar-refractivity contribution in [3.8, 4) is 0 Å². The second-order valence-corrected chi connectivity index (χ2v) is 6.95. The van der Waals surface area contributed by atoms with Crippen LogP contribution in [-0.2, 0) is 14.8 Å². The summed E-state index contributed by atoms with van der Waals surface area (Å²) in [4.78, 5) is 0. The van der Waals surface area contributed by atoms with Crippen LogP contribution in [0.3, 0.4) is 0 Å². The highest BCUT2D eigenvalue weighted by Crippen LogP contribution is 2.42. The molecule has 7 heteroatoms. The molecule has 0 saturated carbocycles.